The lowest BCUT2D eigenvalue weighted by Gasteiger charge is -2.35. The van der Waals surface area contributed by atoms with Crippen LogP contribution in [0.5, 0.6) is 0 Å². The number of hydrogen-bond donors (Lipinski definition) is 2. The number of benzene rings is 2. The zero-order chi connectivity index (χ0) is 24.4. The van der Waals surface area contributed by atoms with E-state index in [-0.39, 0.29) is 30.4 Å². The van der Waals surface area contributed by atoms with E-state index >= 15 is 0 Å². The van der Waals surface area contributed by atoms with Gasteiger partial charge in [0, 0.05) is 31.0 Å². The summed E-state index contributed by atoms with van der Waals surface area (Å²) in [6.07, 6.45) is 3.79. The first-order valence-electron chi connectivity index (χ1n) is 12.6. The molecule has 5 rings (SSSR count). The molecule has 2 aliphatic carbocycles. The van der Waals surface area contributed by atoms with Crippen molar-refractivity contribution in [3.8, 4) is 11.1 Å². The fourth-order valence-electron chi connectivity index (χ4n) is 5.93. The van der Waals surface area contributed by atoms with E-state index in [1.165, 1.54) is 22.3 Å². The maximum absolute atomic E-state index is 12.9. The summed E-state index contributed by atoms with van der Waals surface area (Å²) in [6.45, 7) is 1.24. The van der Waals surface area contributed by atoms with Crippen LogP contribution in [0.25, 0.3) is 11.1 Å². The van der Waals surface area contributed by atoms with Gasteiger partial charge in [0.05, 0.1) is 5.92 Å². The Morgan fingerprint density at radius 2 is 1.51 bits per heavy atom. The number of carboxylic acids is 1. The van der Waals surface area contributed by atoms with Gasteiger partial charge in [-0.15, -0.1) is 0 Å². The predicted octanol–water partition coefficient (Wildman–Crippen LogP) is 4.41. The highest BCUT2D eigenvalue weighted by atomic mass is 16.5. The van der Waals surface area contributed by atoms with E-state index in [1.54, 1.807) is 4.90 Å². The number of amides is 2. The number of nitrogens with zero attached hydrogens (tertiary/aromatic N) is 1. The molecule has 1 aliphatic heterocycles. The Hall–Kier alpha value is -3.35. The van der Waals surface area contributed by atoms with Gasteiger partial charge in [-0.2, -0.15) is 0 Å². The number of aliphatic carboxylic acids is 1. The first kappa shape index (κ1) is 23.4. The second-order valence-electron chi connectivity index (χ2n) is 9.98. The SMILES string of the molecule is O=C(NC1CCC(C(=O)N2CCCC(C(=O)O)C2)CC1)OCC1c2ccccc2-c2ccccc21. The third kappa shape index (κ3) is 4.90. The zero-order valence-electron chi connectivity index (χ0n) is 19.8. The Bertz CT molecular complexity index is 1060. The molecule has 0 spiro atoms. The highest BCUT2D eigenvalue weighted by Gasteiger charge is 2.34. The molecule has 7 heteroatoms. The van der Waals surface area contributed by atoms with Crippen molar-refractivity contribution in [3.05, 3.63) is 59.7 Å². The number of carboxylic acid groups (broad SMARTS) is 1. The van der Waals surface area contributed by atoms with Crippen molar-refractivity contribution in [2.75, 3.05) is 19.7 Å². The number of piperidine rings is 1. The molecule has 1 heterocycles. The first-order chi connectivity index (χ1) is 17.0. The molecule has 35 heavy (non-hydrogen) atoms. The van der Waals surface area contributed by atoms with Crippen LogP contribution in [0.3, 0.4) is 0 Å². The third-order valence-corrected chi connectivity index (χ3v) is 7.82. The number of carbonyl (C=O) groups is 3. The molecule has 2 fully saturated rings. The number of rotatable bonds is 5. The van der Waals surface area contributed by atoms with Gasteiger partial charge in [0.25, 0.3) is 0 Å². The van der Waals surface area contributed by atoms with Gasteiger partial charge in [-0.3, -0.25) is 9.59 Å². The standard InChI is InChI=1S/C28H32N2O5/c31-26(30-15-5-6-19(16-30)27(32)33)18-11-13-20(14-12-18)29-28(34)35-17-25-23-9-3-1-7-21(23)22-8-2-4-10-24(22)25/h1-4,7-10,18-20,25H,5-6,11-17H2,(H,29,34)(H,32,33). The molecule has 0 bridgehead atoms. The van der Waals surface area contributed by atoms with Crippen LogP contribution < -0.4 is 5.32 Å². The maximum Gasteiger partial charge on any atom is 0.407 e. The van der Waals surface area contributed by atoms with Crippen LogP contribution in [-0.2, 0) is 14.3 Å². The van der Waals surface area contributed by atoms with Gasteiger partial charge in [-0.1, -0.05) is 48.5 Å². The largest absolute Gasteiger partial charge is 0.481 e. The third-order valence-electron chi connectivity index (χ3n) is 7.82. The quantitative estimate of drug-likeness (QED) is 0.667. The molecule has 1 saturated heterocycles. The molecule has 2 aromatic carbocycles. The molecule has 2 amide bonds. The van der Waals surface area contributed by atoms with Gasteiger partial charge in [0.15, 0.2) is 0 Å². The summed E-state index contributed by atoms with van der Waals surface area (Å²) in [7, 11) is 0. The molecule has 1 unspecified atom stereocenters. The van der Waals surface area contributed by atoms with E-state index < -0.39 is 18.0 Å². The Kier molecular flexibility index (Phi) is 6.75. The van der Waals surface area contributed by atoms with Gasteiger partial charge in [-0.25, -0.2) is 4.79 Å². The normalized spacial score (nSPS) is 23.8. The number of hydrogen-bond acceptors (Lipinski definition) is 4. The Labute approximate surface area is 205 Å². The van der Waals surface area contributed by atoms with E-state index in [2.05, 4.69) is 29.6 Å². The van der Waals surface area contributed by atoms with Gasteiger partial charge < -0.3 is 20.1 Å². The van der Waals surface area contributed by atoms with Crippen molar-refractivity contribution < 1.29 is 24.2 Å². The summed E-state index contributed by atoms with van der Waals surface area (Å²) in [5, 5.41) is 12.3. The molecule has 3 aliphatic rings. The van der Waals surface area contributed by atoms with Crippen LogP contribution in [0, 0.1) is 11.8 Å². The van der Waals surface area contributed by atoms with Crippen LogP contribution in [-0.4, -0.2) is 53.7 Å². The van der Waals surface area contributed by atoms with Gasteiger partial charge >= 0.3 is 12.1 Å². The number of nitrogens with one attached hydrogen (secondary N) is 1. The highest BCUT2D eigenvalue weighted by Crippen LogP contribution is 2.44. The van der Waals surface area contributed by atoms with E-state index in [0.29, 0.717) is 32.4 Å². The van der Waals surface area contributed by atoms with Crippen LogP contribution in [0.2, 0.25) is 0 Å². The molecular formula is C28H32N2O5. The minimum Gasteiger partial charge on any atom is -0.481 e. The molecule has 7 nitrogen and oxygen atoms in total. The molecule has 184 valence electrons. The van der Waals surface area contributed by atoms with Crippen molar-refractivity contribution in [2.45, 2.75) is 50.5 Å². The molecule has 2 aromatic rings. The smallest absolute Gasteiger partial charge is 0.407 e. The van der Waals surface area contributed by atoms with E-state index in [0.717, 1.165) is 19.3 Å². The van der Waals surface area contributed by atoms with E-state index in [9.17, 15) is 19.5 Å². The lowest BCUT2D eigenvalue weighted by atomic mass is 9.84. The minimum absolute atomic E-state index is 0.0113. The Morgan fingerprint density at radius 1 is 0.886 bits per heavy atom. The van der Waals surface area contributed by atoms with Crippen molar-refractivity contribution in [3.63, 3.8) is 0 Å². The molecule has 2 N–H and O–H groups in total. The summed E-state index contributed by atoms with van der Waals surface area (Å²) in [6, 6.07) is 16.5. The summed E-state index contributed by atoms with van der Waals surface area (Å²) >= 11 is 0. The van der Waals surface area contributed by atoms with Crippen LogP contribution in [0.1, 0.15) is 55.6 Å². The lowest BCUT2D eigenvalue weighted by Crippen LogP contribution is -2.47. The monoisotopic (exact) mass is 476 g/mol. The van der Waals surface area contributed by atoms with Crippen LogP contribution >= 0.6 is 0 Å². The number of fused-ring (bicyclic) bond motifs is 3. The van der Waals surface area contributed by atoms with E-state index in [1.807, 2.05) is 24.3 Å². The number of carbonyl (C=O) groups excluding carboxylic acids is 2. The topological polar surface area (TPSA) is 95.9 Å². The van der Waals surface area contributed by atoms with Gasteiger partial charge in [0.1, 0.15) is 6.61 Å². The van der Waals surface area contributed by atoms with Crippen molar-refractivity contribution in [1.29, 1.82) is 0 Å². The summed E-state index contributed by atoms with van der Waals surface area (Å²) < 4.78 is 5.67. The number of alkyl carbamates (subject to hydrolysis) is 1. The highest BCUT2D eigenvalue weighted by molar-refractivity contribution is 5.81. The summed E-state index contributed by atoms with van der Waals surface area (Å²) in [5.41, 5.74) is 4.76. The molecule has 0 aromatic heterocycles. The Balaban J connectivity index is 1.10. The second kappa shape index (κ2) is 10.1. The summed E-state index contributed by atoms with van der Waals surface area (Å²) in [5.74, 6) is -1.28. The summed E-state index contributed by atoms with van der Waals surface area (Å²) in [4.78, 5) is 38.6. The van der Waals surface area contributed by atoms with Crippen LogP contribution in [0.15, 0.2) is 48.5 Å². The zero-order valence-corrected chi connectivity index (χ0v) is 19.8. The molecular weight excluding hydrogens is 444 g/mol. The molecule has 1 saturated carbocycles. The second-order valence-corrected chi connectivity index (χ2v) is 9.98. The van der Waals surface area contributed by atoms with Crippen molar-refractivity contribution in [1.82, 2.24) is 10.2 Å². The number of ether oxygens (including phenoxy) is 1. The average molecular weight is 477 g/mol. The predicted molar refractivity (Wildman–Crippen MR) is 131 cm³/mol. The molecule has 0 radical (unpaired) electrons. The van der Waals surface area contributed by atoms with Crippen molar-refractivity contribution >= 4 is 18.0 Å². The van der Waals surface area contributed by atoms with Crippen LogP contribution in [0.4, 0.5) is 4.79 Å². The fourth-order valence-corrected chi connectivity index (χ4v) is 5.93. The average Bonchev–Trinajstić information content (AvgIpc) is 3.21. The van der Waals surface area contributed by atoms with Gasteiger partial charge in [-0.05, 0) is 60.8 Å². The lowest BCUT2D eigenvalue weighted by molar-refractivity contribution is -0.147. The maximum atomic E-state index is 12.9. The van der Waals surface area contributed by atoms with E-state index in [4.69, 9.17) is 4.74 Å². The van der Waals surface area contributed by atoms with Gasteiger partial charge in [0.2, 0.25) is 5.91 Å². The fraction of sp³-hybridized carbons (Fsp3) is 0.464. The molecule has 1 atom stereocenters. The van der Waals surface area contributed by atoms with Crippen molar-refractivity contribution in [2.24, 2.45) is 11.8 Å². The first-order valence-corrected chi connectivity index (χ1v) is 12.6. The number of likely N-dealkylation sites (tertiary alicyclic amines) is 1. The minimum atomic E-state index is -0.821. The Morgan fingerprint density at radius 3 is 2.14 bits per heavy atom.